The molecule has 1 fully saturated rings. The summed E-state index contributed by atoms with van der Waals surface area (Å²) in [6, 6.07) is 0. The molecule has 1 aliphatic carbocycles. The third-order valence-electron chi connectivity index (χ3n) is 5.50. The molecule has 0 amide bonds. The van der Waals surface area contributed by atoms with E-state index in [1.54, 1.807) is 0 Å². The minimum Gasteiger partial charge on any atom is -0.396 e. The van der Waals surface area contributed by atoms with Gasteiger partial charge in [0.1, 0.15) is 0 Å². The highest BCUT2D eigenvalue weighted by Crippen LogP contribution is 2.49. The van der Waals surface area contributed by atoms with Crippen molar-refractivity contribution in [2.75, 3.05) is 13.2 Å². The van der Waals surface area contributed by atoms with Crippen molar-refractivity contribution >= 4 is 0 Å². The van der Waals surface area contributed by atoms with Gasteiger partial charge >= 0.3 is 0 Å². The molecule has 17 heavy (non-hydrogen) atoms. The number of aliphatic hydroxyl groups excluding tert-OH is 2. The van der Waals surface area contributed by atoms with Crippen LogP contribution in [0.4, 0.5) is 0 Å². The second-order valence-corrected chi connectivity index (χ2v) is 6.53. The van der Waals surface area contributed by atoms with E-state index in [0.29, 0.717) is 5.92 Å². The summed E-state index contributed by atoms with van der Waals surface area (Å²) in [5, 5.41) is 19.6. The minimum absolute atomic E-state index is 0.00778. The molecule has 102 valence electrons. The van der Waals surface area contributed by atoms with Crippen molar-refractivity contribution in [1.82, 2.24) is 0 Å². The molecule has 0 aromatic rings. The molecule has 0 bridgehead atoms. The zero-order valence-corrected chi connectivity index (χ0v) is 11.8. The molecule has 1 aliphatic rings. The maximum absolute atomic E-state index is 9.81. The van der Waals surface area contributed by atoms with E-state index >= 15 is 0 Å². The molecule has 2 heteroatoms. The summed E-state index contributed by atoms with van der Waals surface area (Å²) in [4.78, 5) is 0. The Morgan fingerprint density at radius 2 is 1.47 bits per heavy atom. The lowest BCUT2D eigenvalue weighted by Gasteiger charge is -2.49. The molecular formula is C15H30O2. The molecule has 1 rings (SSSR count). The second kappa shape index (κ2) is 6.19. The predicted octanol–water partition coefficient (Wildman–Crippen LogP) is 3.36. The van der Waals surface area contributed by atoms with Crippen LogP contribution in [0.2, 0.25) is 0 Å². The molecule has 1 unspecified atom stereocenters. The van der Waals surface area contributed by atoms with Gasteiger partial charge in [-0.2, -0.15) is 0 Å². The van der Waals surface area contributed by atoms with Gasteiger partial charge in [-0.25, -0.2) is 0 Å². The molecule has 1 atom stereocenters. The molecule has 0 heterocycles. The van der Waals surface area contributed by atoms with Crippen molar-refractivity contribution in [2.24, 2.45) is 16.7 Å². The van der Waals surface area contributed by atoms with Gasteiger partial charge < -0.3 is 10.2 Å². The standard InChI is InChI=1S/C15H30O2/c1-13-9-7-5-4-6-8-10-15(11-16,12-17)14(13,2)3/h13,16-17H,4-12H2,1-3H3. The van der Waals surface area contributed by atoms with E-state index in [-0.39, 0.29) is 24.0 Å². The Kier molecular flexibility index (Phi) is 5.46. The summed E-state index contributed by atoms with van der Waals surface area (Å²) in [5.74, 6) is 0.555. The van der Waals surface area contributed by atoms with Crippen LogP contribution >= 0.6 is 0 Å². The fourth-order valence-corrected chi connectivity index (χ4v) is 3.27. The Labute approximate surface area is 106 Å². The third kappa shape index (κ3) is 3.03. The molecule has 2 N–H and O–H groups in total. The summed E-state index contributed by atoms with van der Waals surface area (Å²) in [6.45, 7) is 6.96. The van der Waals surface area contributed by atoms with E-state index in [1.807, 2.05) is 0 Å². The first-order chi connectivity index (χ1) is 8.00. The highest BCUT2D eigenvalue weighted by molar-refractivity contribution is 4.95. The first-order valence-electron chi connectivity index (χ1n) is 7.22. The van der Waals surface area contributed by atoms with Gasteiger partial charge in [-0.05, 0) is 17.8 Å². The van der Waals surface area contributed by atoms with Crippen LogP contribution in [0.15, 0.2) is 0 Å². The molecule has 0 radical (unpaired) electrons. The summed E-state index contributed by atoms with van der Waals surface area (Å²) in [6.07, 6.45) is 8.48. The second-order valence-electron chi connectivity index (χ2n) is 6.53. The monoisotopic (exact) mass is 242 g/mol. The van der Waals surface area contributed by atoms with E-state index in [1.165, 1.54) is 32.1 Å². The summed E-state index contributed by atoms with van der Waals surface area (Å²) < 4.78 is 0. The Balaban J connectivity index is 2.92. The zero-order valence-electron chi connectivity index (χ0n) is 11.8. The van der Waals surface area contributed by atoms with E-state index in [9.17, 15) is 10.2 Å². The van der Waals surface area contributed by atoms with Gasteiger partial charge in [-0.1, -0.05) is 59.3 Å². The van der Waals surface area contributed by atoms with Gasteiger partial charge in [0.15, 0.2) is 0 Å². The number of hydrogen-bond acceptors (Lipinski definition) is 2. The highest BCUT2D eigenvalue weighted by atomic mass is 16.3. The van der Waals surface area contributed by atoms with Crippen LogP contribution in [0.3, 0.4) is 0 Å². The molecule has 0 aliphatic heterocycles. The zero-order chi connectivity index (χ0) is 12.9. The minimum atomic E-state index is -0.302. The molecule has 0 saturated heterocycles. The van der Waals surface area contributed by atoms with Gasteiger partial charge in [-0.3, -0.25) is 0 Å². The van der Waals surface area contributed by atoms with Crippen molar-refractivity contribution < 1.29 is 10.2 Å². The lowest BCUT2D eigenvalue weighted by molar-refractivity contribution is -0.0801. The van der Waals surface area contributed by atoms with Crippen LogP contribution < -0.4 is 0 Å². The molecule has 0 aromatic heterocycles. The molecule has 0 spiro atoms. The van der Waals surface area contributed by atoms with E-state index in [2.05, 4.69) is 20.8 Å². The maximum Gasteiger partial charge on any atom is 0.0514 e. The van der Waals surface area contributed by atoms with Crippen molar-refractivity contribution in [1.29, 1.82) is 0 Å². The van der Waals surface area contributed by atoms with Crippen LogP contribution in [0.1, 0.15) is 65.7 Å². The lowest BCUT2D eigenvalue weighted by Crippen LogP contribution is -2.48. The van der Waals surface area contributed by atoms with Crippen LogP contribution in [-0.2, 0) is 0 Å². The largest absolute Gasteiger partial charge is 0.396 e. The molecule has 0 aromatic carbocycles. The van der Waals surface area contributed by atoms with Gasteiger partial charge in [0.25, 0.3) is 0 Å². The fourth-order valence-electron chi connectivity index (χ4n) is 3.27. The normalized spacial score (nSPS) is 29.8. The Hall–Kier alpha value is -0.0800. The van der Waals surface area contributed by atoms with E-state index < -0.39 is 0 Å². The average Bonchev–Trinajstić information content (AvgIpc) is 2.32. The average molecular weight is 242 g/mol. The molecular weight excluding hydrogens is 212 g/mol. The van der Waals surface area contributed by atoms with Gasteiger partial charge in [0.2, 0.25) is 0 Å². The summed E-state index contributed by atoms with van der Waals surface area (Å²) in [7, 11) is 0. The quantitative estimate of drug-likeness (QED) is 0.779. The number of hydrogen-bond donors (Lipinski definition) is 2. The van der Waals surface area contributed by atoms with Crippen molar-refractivity contribution in [3.8, 4) is 0 Å². The Bertz CT molecular complexity index is 219. The highest BCUT2D eigenvalue weighted by Gasteiger charge is 2.46. The topological polar surface area (TPSA) is 40.5 Å². The fraction of sp³-hybridized carbons (Fsp3) is 1.00. The third-order valence-corrected chi connectivity index (χ3v) is 5.50. The SMILES string of the molecule is CC1CCCCCCCC(CO)(CO)C1(C)C. The van der Waals surface area contributed by atoms with Crippen molar-refractivity contribution in [3.63, 3.8) is 0 Å². The van der Waals surface area contributed by atoms with E-state index in [4.69, 9.17) is 0 Å². The van der Waals surface area contributed by atoms with Crippen molar-refractivity contribution in [2.45, 2.75) is 65.7 Å². The van der Waals surface area contributed by atoms with Gasteiger partial charge in [-0.15, -0.1) is 0 Å². The first-order valence-corrected chi connectivity index (χ1v) is 7.22. The predicted molar refractivity (Wildman–Crippen MR) is 71.9 cm³/mol. The lowest BCUT2D eigenvalue weighted by atomic mass is 9.57. The number of aliphatic hydroxyl groups is 2. The first kappa shape index (κ1) is 15.0. The molecule has 1 saturated carbocycles. The van der Waals surface area contributed by atoms with Crippen LogP contribution in [-0.4, -0.2) is 23.4 Å². The van der Waals surface area contributed by atoms with Gasteiger partial charge in [0.05, 0.1) is 13.2 Å². The summed E-state index contributed by atoms with van der Waals surface area (Å²) in [5.41, 5.74) is -0.294. The number of rotatable bonds is 2. The Morgan fingerprint density at radius 1 is 0.941 bits per heavy atom. The van der Waals surface area contributed by atoms with E-state index in [0.717, 1.165) is 12.8 Å². The summed E-state index contributed by atoms with van der Waals surface area (Å²) >= 11 is 0. The molecule has 2 nitrogen and oxygen atoms in total. The smallest absolute Gasteiger partial charge is 0.0514 e. The van der Waals surface area contributed by atoms with Crippen LogP contribution in [0.5, 0.6) is 0 Å². The van der Waals surface area contributed by atoms with Gasteiger partial charge in [0, 0.05) is 5.41 Å². The van der Waals surface area contributed by atoms with Crippen molar-refractivity contribution in [3.05, 3.63) is 0 Å². The Morgan fingerprint density at radius 3 is 2.06 bits per heavy atom. The maximum atomic E-state index is 9.81. The van der Waals surface area contributed by atoms with Crippen LogP contribution in [0.25, 0.3) is 0 Å². The van der Waals surface area contributed by atoms with Crippen LogP contribution in [0, 0.1) is 16.7 Å².